The lowest BCUT2D eigenvalue weighted by Crippen LogP contribution is -2.31. The van der Waals surface area contributed by atoms with Crippen molar-refractivity contribution in [1.82, 2.24) is 9.55 Å². The number of hydrogen-bond donors (Lipinski definition) is 0. The fourth-order valence-electron chi connectivity index (χ4n) is 4.50. The number of hydrogen-bond acceptors (Lipinski definition) is 2. The fraction of sp³-hybridized carbons (Fsp3) is 0.240. The SMILES string of the molecule is Cc1c(C)n(Cc2cccc(Cl)c2)c2c(N3CCc4ccccc4C3)nccc12. The molecule has 3 nitrogen and oxygen atoms in total. The molecule has 0 amide bonds. The summed E-state index contributed by atoms with van der Waals surface area (Å²) in [5.74, 6) is 1.08. The van der Waals surface area contributed by atoms with Gasteiger partial charge in [-0.05, 0) is 60.7 Å². The van der Waals surface area contributed by atoms with Crippen LogP contribution in [0.15, 0.2) is 60.8 Å². The van der Waals surface area contributed by atoms with Crippen molar-refractivity contribution < 1.29 is 0 Å². The molecule has 0 bridgehead atoms. The quantitative estimate of drug-likeness (QED) is 0.425. The van der Waals surface area contributed by atoms with Gasteiger partial charge in [-0.1, -0.05) is 48.0 Å². The van der Waals surface area contributed by atoms with Gasteiger partial charge >= 0.3 is 0 Å². The zero-order valence-corrected chi connectivity index (χ0v) is 17.6. The minimum absolute atomic E-state index is 0.777. The van der Waals surface area contributed by atoms with Crippen LogP contribution in [0, 0.1) is 13.8 Å². The summed E-state index contributed by atoms with van der Waals surface area (Å²) in [5, 5.41) is 2.06. The van der Waals surface area contributed by atoms with Crippen LogP contribution in [-0.4, -0.2) is 16.1 Å². The summed E-state index contributed by atoms with van der Waals surface area (Å²) in [6.07, 6.45) is 3.01. The van der Waals surface area contributed by atoms with Crippen LogP contribution in [-0.2, 0) is 19.5 Å². The first-order valence-corrected chi connectivity index (χ1v) is 10.5. The first kappa shape index (κ1) is 18.3. The number of anilines is 1. The Kier molecular flexibility index (Phi) is 4.56. The van der Waals surface area contributed by atoms with E-state index < -0.39 is 0 Å². The van der Waals surface area contributed by atoms with E-state index in [1.807, 2.05) is 18.3 Å². The Bertz CT molecular complexity index is 1210. The van der Waals surface area contributed by atoms with E-state index in [0.29, 0.717) is 0 Å². The highest BCUT2D eigenvalue weighted by molar-refractivity contribution is 6.30. The molecule has 0 radical (unpaired) electrons. The summed E-state index contributed by atoms with van der Waals surface area (Å²) >= 11 is 6.25. The molecule has 5 rings (SSSR count). The standard InChI is InChI=1S/C25H24ClN3/c1-17-18(2)29(15-19-6-5-9-22(26)14-19)24-23(17)10-12-27-25(24)28-13-11-20-7-3-4-8-21(20)16-28/h3-10,12,14H,11,13,15-16H2,1-2H3. The molecule has 0 N–H and O–H groups in total. The van der Waals surface area contributed by atoms with E-state index in [1.54, 1.807) is 0 Å². The largest absolute Gasteiger partial charge is 0.350 e. The highest BCUT2D eigenvalue weighted by Crippen LogP contribution is 2.34. The highest BCUT2D eigenvalue weighted by Gasteiger charge is 2.22. The molecular formula is C25H24ClN3. The average molecular weight is 402 g/mol. The van der Waals surface area contributed by atoms with Gasteiger partial charge in [0, 0.05) is 41.9 Å². The van der Waals surface area contributed by atoms with Crippen molar-refractivity contribution in [2.75, 3.05) is 11.4 Å². The van der Waals surface area contributed by atoms with E-state index in [2.05, 4.69) is 65.8 Å². The van der Waals surface area contributed by atoms with Gasteiger partial charge in [-0.15, -0.1) is 0 Å². The Balaban J connectivity index is 1.63. The Hall–Kier alpha value is -2.78. The molecule has 4 heteroatoms. The zero-order chi connectivity index (χ0) is 20.0. The number of aryl methyl sites for hydroxylation is 1. The first-order valence-electron chi connectivity index (χ1n) is 10.1. The second-order valence-electron chi connectivity index (χ2n) is 7.90. The van der Waals surface area contributed by atoms with Gasteiger partial charge < -0.3 is 9.47 Å². The van der Waals surface area contributed by atoms with E-state index in [1.165, 1.54) is 38.9 Å². The lowest BCUT2D eigenvalue weighted by Gasteiger charge is -2.30. The van der Waals surface area contributed by atoms with Gasteiger partial charge in [0.15, 0.2) is 5.82 Å². The Morgan fingerprint density at radius 1 is 1.00 bits per heavy atom. The predicted octanol–water partition coefficient (Wildman–Crippen LogP) is 5.92. The van der Waals surface area contributed by atoms with Crippen molar-refractivity contribution in [2.45, 2.75) is 33.4 Å². The molecule has 0 unspecified atom stereocenters. The summed E-state index contributed by atoms with van der Waals surface area (Å²) in [5.41, 5.74) is 7.89. The number of rotatable bonds is 3. The number of pyridine rings is 1. The summed E-state index contributed by atoms with van der Waals surface area (Å²) < 4.78 is 2.40. The topological polar surface area (TPSA) is 21.1 Å². The molecule has 2 aromatic heterocycles. The van der Waals surface area contributed by atoms with Crippen LogP contribution in [0.3, 0.4) is 0 Å². The van der Waals surface area contributed by atoms with E-state index in [0.717, 1.165) is 36.9 Å². The lowest BCUT2D eigenvalue weighted by atomic mass is 10.00. The van der Waals surface area contributed by atoms with Crippen molar-refractivity contribution in [2.24, 2.45) is 0 Å². The molecule has 3 heterocycles. The molecule has 0 saturated carbocycles. The second-order valence-corrected chi connectivity index (χ2v) is 8.33. The highest BCUT2D eigenvalue weighted by atomic mass is 35.5. The third-order valence-corrected chi connectivity index (χ3v) is 6.42. The molecule has 4 aromatic rings. The minimum atomic E-state index is 0.777. The number of aromatic nitrogens is 2. The lowest BCUT2D eigenvalue weighted by molar-refractivity contribution is 0.717. The van der Waals surface area contributed by atoms with Gasteiger partial charge in [0.25, 0.3) is 0 Å². The van der Waals surface area contributed by atoms with Crippen LogP contribution in [0.1, 0.15) is 27.9 Å². The molecule has 0 saturated heterocycles. The number of nitrogens with zero attached hydrogens (tertiary/aromatic N) is 3. The number of benzene rings is 2. The van der Waals surface area contributed by atoms with Crippen molar-refractivity contribution >= 4 is 28.3 Å². The Morgan fingerprint density at radius 2 is 1.83 bits per heavy atom. The molecular weight excluding hydrogens is 378 g/mol. The maximum Gasteiger partial charge on any atom is 0.153 e. The molecule has 29 heavy (non-hydrogen) atoms. The second kappa shape index (κ2) is 7.23. The smallest absolute Gasteiger partial charge is 0.153 e. The Morgan fingerprint density at radius 3 is 2.66 bits per heavy atom. The first-order chi connectivity index (χ1) is 14.1. The van der Waals surface area contributed by atoms with Crippen molar-refractivity contribution in [3.63, 3.8) is 0 Å². The van der Waals surface area contributed by atoms with Crippen LogP contribution in [0.5, 0.6) is 0 Å². The molecule has 0 aliphatic carbocycles. The van der Waals surface area contributed by atoms with Crippen molar-refractivity contribution in [1.29, 1.82) is 0 Å². The third kappa shape index (κ3) is 3.20. The summed E-state index contributed by atoms with van der Waals surface area (Å²) in [7, 11) is 0. The van der Waals surface area contributed by atoms with E-state index >= 15 is 0 Å². The number of halogens is 1. The molecule has 1 aliphatic rings. The zero-order valence-electron chi connectivity index (χ0n) is 16.8. The van der Waals surface area contributed by atoms with E-state index in [4.69, 9.17) is 16.6 Å². The molecule has 146 valence electrons. The van der Waals surface area contributed by atoms with Gasteiger partial charge in [-0.2, -0.15) is 0 Å². The van der Waals surface area contributed by atoms with Gasteiger partial charge in [0.05, 0.1) is 5.52 Å². The fourth-order valence-corrected chi connectivity index (χ4v) is 4.71. The monoisotopic (exact) mass is 401 g/mol. The van der Waals surface area contributed by atoms with Gasteiger partial charge in [-0.25, -0.2) is 4.98 Å². The van der Waals surface area contributed by atoms with Gasteiger partial charge in [-0.3, -0.25) is 0 Å². The van der Waals surface area contributed by atoms with Crippen LogP contribution in [0.2, 0.25) is 5.02 Å². The molecule has 1 aliphatic heterocycles. The van der Waals surface area contributed by atoms with Crippen LogP contribution in [0.4, 0.5) is 5.82 Å². The number of fused-ring (bicyclic) bond motifs is 2. The summed E-state index contributed by atoms with van der Waals surface area (Å²) in [6, 6.07) is 19.0. The van der Waals surface area contributed by atoms with Crippen molar-refractivity contribution in [3.05, 3.63) is 93.8 Å². The van der Waals surface area contributed by atoms with Crippen LogP contribution < -0.4 is 4.90 Å². The molecule has 0 atom stereocenters. The third-order valence-electron chi connectivity index (χ3n) is 6.19. The van der Waals surface area contributed by atoms with E-state index in [9.17, 15) is 0 Å². The van der Waals surface area contributed by atoms with Crippen LogP contribution >= 0.6 is 11.6 Å². The molecule has 0 fully saturated rings. The van der Waals surface area contributed by atoms with Crippen LogP contribution in [0.25, 0.3) is 10.9 Å². The maximum absolute atomic E-state index is 6.25. The molecule has 0 spiro atoms. The Labute approximate surface area is 176 Å². The van der Waals surface area contributed by atoms with E-state index in [-0.39, 0.29) is 0 Å². The normalized spacial score (nSPS) is 13.7. The average Bonchev–Trinajstić information content (AvgIpc) is 2.98. The van der Waals surface area contributed by atoms with Gasteiger partial charge in [0.1, 0.15) is 0 Å². The van der Waals surface area contributed by atoms with Gasteiger partial charge in [0.2, 0.25) is 0 Å². The minimum Gasteiger partial charge on any atom is -0.350 e. The van der Waals surface area contributed by atoms with Crippen molar-refractivity contribution in [3.8, 4) is 0 Å². The molecule has 2 aromatic carbocycles. The summed E-state index contributed by atoms with van der Waals surface area (Å²) in [4.78, 5) is 7.29. The summed E-state index contributed by atoms with van der Waals surface area (Å²) in [6.45, 7) is 7.10. The predicted molar refractivity (Wildman–Crippen MR) is 121 cm³/mol. The maximum atomic E-state index is 6.25.